The van der Waals surface area contributed by atoms with E-state index in [1.807, 2.05) is 62.4 Å². The van der Waals surface area contributed by atoms with Crippen molar-refractivity contribution >= 4 is 28.5 Å². The Labute approximate surface area is 179 Å². The molecule has 0 aliphatic rings. The standard InChI is InChI=1S/C23H21ClN4O2/c1-14-4-8-17(9-5-14)28-22-20(15(2)27-28)21(24)19(13-25-22)23(29)26-12-16-6-10-18(30-3)11-7-16/h4-11,13H,12H2,1-3H3,(H,26,29). The van der Waals surface area contributed by atoms with Crippen molar-refractivity contribution in [2.24, 2.45) is 0 Å². The molecule has 2 aromatic carbocycles. The molecule has 152 valence electrons. The van der Waals surface area contributed by atoms with Crippen LogP contribution in [0.1, 0.15) is 27.2 Å². The number of carbonyl (C=O) groups is 1. The Morgan fingerprint density at radius 3 is 2.47 bits per heavy atom. The minimum atomic E-state index is -0.285. The number of rotatable bonds is 5. The third kappa shape index (κ3) is 3.74. The molecule has 6 nitrogen and oxygen atoms in total. The number of aryl methyl sites for hydroxylation is 2. The van der Waals surface area contributed by atoms with Crippen molar-refractivity contribution in [3.05, 3.63) is 82.1 Å². The molecule has 1 N–H and O–H groups in total. The van der Waals surface area contributed by atoms with Gasteiger partial charge in [0.05, 0.1) is 34.5 Å². The molecule has 0 saturated heterocycles. The number of carbonyl (C=O) groups excluding carboxylic acids is 1. The second-order valence-corrected chi connectivity index (χ2v) is 7.43. The number of halogens is 1. The topological polar surface area (TPSA) is 69.0 Å². The van der Waals surface area contributed by atoms with Crippen molar-refractivity contribution in [2.75, 3.05) is 7.11 Å². The molecule has 0 spiro atoms. The van der Waals surface area contributed by atoms with Crippen LogP contribution in [0.2, 0.25) is 5.02 Å². The molecular weight excluding hydrogens is 400 g/mol. The van der Waals surface area contributed by atoms with Gasteiger partial charge in [0, 0.05) is 12.7 Å². The van der Waals surface area contributed by atoms with Gasteiger partial charge in [0.15, 0.2) is 5.65 Å². The van der Waals surface area contributed by atoms with Gasteiger partial charge in [-0.05, 0) is 43.7 Å². The number of pyridine rings is 1. The summed E-state index contributed by atoms with van der Waals surface area (Å²) >= 11 is 6.62. The molecule has 0 radical (unpaired) electrons. The molecule has 0 fully saturated rings. The Kier molecular flexibility index (Phi) is 5.42. The molecule has 1 amide bonds. The summed E-state index contributed by atoms with van der Waals surface area (Å²) in [4.78, 5) is 17.2. The lowest BCUT2D eigenvalue weighted by atomic mass is 10.1. The highest BCUT2D eigenvalue weighted by molar-refractivity contribution is 6.38. The van der Waals surface area contributed by atoms with Crippen LogP contribution >= 0.6 is 11.6 Å². The molecule has 0 aliphatic carbocycles. The average Bonchev–Trinajstić information content (AvgIpc) is 3.10. The summed E-state index contributed by atoms with van der Waals surface area (Å²) in [6, 6.07) is 15.5. The number of hydrogen-bond acceptors (Lipinski definition) is 4. The first kappa shape index (κ1) is 19.9. The van der Waals surface area contributed by atoms with Gasteiger partial charge in [-0.3, -0.25) is 4.79 Å². The van der Waals surface area contributed by atoms with Crippen LogP contribution in [0.25, 0.3) is 16.7 Å². The van der Waals surface area contributed by atoms with E-state index in [4.69, 9.17) is 16.3 Å². The van der Waals surface area contributed by atoms with Crippen LogP contribution in [0.4, 0.5) is 0 Å². The average molecular weight is 421 g/mol. The van der Waals surface area contributed by atoms with Gasteiger partial charge in [0.2, 0.25) is 0 Å². The van der Waals surface area contributed by atoms with Crippen LogP contribution in [0.5, 0.6) is 5.75 Å². The maximum Gasteiger partial charge on any atom is 0.254 e. The molecule has 4 rings (SSSR count). The van der Waals surface area contributed by atoms with Crippen LogP contribution < -0.4 is 10.1 Å². The Hall–Kier alpha value is -3.38. The Balaban J connectivity index is 1.62. The van der Waals surface area contributed by atoms with E-state index in [0.717, 1.165) is 22.6 Å². The van der Waals surface area contributed by atoms with Gasteiger partial charge in [0.1, 0.15) is 5.75 Å². The van der Waals surface area contributed by atoms with E-state index in [0.29, 0.717) is 33.9 Å². The first-order valence-corrected chi connectivity index (χ1v) is 9.87. The number of aromatic nitrogens is 3. The van der Waals surface area contributed by atoms with Gasteiger partial charge in [-0.15, -0.1) is 0 Å². The highest BCUT2D eigenvalue weighted by atomic mass is 35.5. The largest absolute Gasteiger partial charge is 0.497 e. The highest BCUT2D eigenvalue weighted by Crippen LogP contribution is 2.30. The van der Waals surface area contributed by atoms with E-state index in [-0.39, 0.29) is 5.91 Å². The number of fused-ring (bicyclic) bond motifs is 1. The van der Waals surface area contributed by atoms with Crippen molar-refractivity contribution in [1.29, 1.82) is 0 Å². The van der Waals surface area contributed by atoms with Crippen LogP contribution in [0.15, 0.2) is 54.7 Å². The van der Waals surface area contributed by atoms with Gasteiger partial charge in [-0.25, -0.2) is 9.67 Å². The lowest BCUT2D eigenvalue weighted by Crippen LogP contribution is -2.23. The predicted octanol–water partition coefficient (Wildman–Crippen LogP) is 4.63. The normalized spacial score (nSPS) is 10.9. The second kappa shape index (κ2) is 8.16. The first-order chi connectivity index (χ1) is 14.5. The molecular formula is C23H21ClN4O2. The Morgan fingerprint density at radius 1 is 1.10 bits per heavy atom. The predicted molar refractivity (Wildman–Crippen MR) is 118 cm³/mol. The Morgan fingerprint density at radius 2 is 1.80 bits per heavy atom. The number of benzene rings is 2. The van der Waals surface area contributed by atoms with Crippen molar-refractivity contribution in [3.63, 3.8) is 0 Å². The second-order valence-electron chi connectivity index (χ2n) is 7.05. The summed E-state index contributed by atoms with van der Waals surface area (Å²) in [6.45, 7) is 4.26. The van der Waals surface area contributed by atoms with E-state index < -0.39 is 0 Å². The minimum absolute atomic E-state index is 0.285. The third-order valence-corrected chi connectivity index (χ3v) is 5.34. The molecule has 4 aromatic rings. The third-order valence-electron chi connectivity index (χ3n) is 4.94. The number of nitrogens with zero attached hydrogens (tertiary/aromatic N) is 3. The molecule has 2 heterocycles. The summed E-state index contributed by atoms with van der Waals surface area (Å²) in [5.41, 5.74) is 4.66. The summed E-state index contributed by atoms with van der Waals surface area (Å²) < 4.78 is 6.90. The van der Waals surface area contributed by atoms with Crippen molar-refractivity contribution in [2.45, 2.75) is 20.4 Å². The number of hydrogen-bond donors (Lipinski definition) is 1. The maximum atomic E-state index is 12.7. The monoisotopic (exact) mass is 420 g/mol. The van der Waals surface area contributed by atoms with E-state index in [1.165, 1.54) is 6.20 Å². The minimum Gasteiger partial charge on any atom is -0.497 e. The zero-order chi connectivity index (χ0) is 21.3. The van der Waals surface area contributed by atoms with Crippen LogP contribution in [-0.2, 0) is 6.54 Å². The van der Waals surface area contributed by atoms with Crippen molar-refractivity contribution in [3.8, 4) is 11.4 Å². The summed E-state index contributed by atoms with van der Waals surface area (Å²) in [5, 5.41) is 8.50. The summed E-state index contributed by atoms with van der Waals surface area (Å²) in [6.07, 6.45) is 1.50. The molecule has 30 heavy (non-hydrogen) atoms. The van der Waals surface area contributed by atoms with Gasteiger partial charge in [-0.1, -0.05) is 41.4 Å². The van der Waals surface area contributed by atoms with E-state index in [9.17, 15) is 4.79 Å². The fraction of sp³-hybridized carbons (Fsp3) is 0.174. The quantitative estimate of drug-likeness (QED) is 0.511. The fourth-order valence-corrected chi connectivity index (χ4v) is 3.61. The lowest BCUT2D eigenvalue weighted by Gasteiger charge is -2.09. The maximum absolute atomic E-state index is 12.7. The van der Waals surface area contributed by atoms with Crippen LogP contribution in [0.3, 0.4) is 0 Å². The Bertz CT molecular complexity index is 1210. The lowest BCUT2D eigenvalue weighted by molar-refractivity contribution is 0.0951. The SMILES string of the molecule is COc1ccc(CNC(=O)c2cnc3c(c(C)nn3-c3ccc(C)cc3)c2Cl)cc1. The molecule has 0 atom stereocenters. The number of amides is 1. The molecule has 0 saturated carbocycles. The smallest absolute Gasteiger partial charge is 0.254 e. The van der Waals surface area contributed by atoms with Gasteiger partial charge in [0.25, 0.3) is 5.91 Å². The van der Waals surface area contributed by atoms with E-state index in [2.05, 4.69) is 15.4 Å². The van der Waals surface area contributed by atoms with Crippen LogP contribution in [-0.4, -0.2) is 27.8 Å². The van der Waals surface area contributed by atoms with E-state index in [1.54, 1.807) is 11.8 Å². The summed E-state index contributed by atoms with van der Waals surface area (Å²) in [5.74, 6) is 0.483. The van der Waals surface area contributed by atoms with E-state index >= 15 is 0 Å². The highest BCUT2D eigenvalue weighted by Gasteiger charge is 2.20. The molecule has 0 bridgehead atoms. The zero-order valence-electron chi connectivity index (χ0n) is 16.9. The van der Waals surface area contributed by atoms with Crippen LogP contribution in [0, 0.1) is 13.8 Å². The first-order valence-electron chi connectivity index (χ1n) is 9.50. The molecule has 7 heteroatoms. The van der Waals surface area contributed by atoms with Crippen molar-refractivity contribution < 1.29 is 9.53 Å². The molecule has 0 aliphatic heterocycles. The number of nitrogens with one attached hydrogen (secondary N) is 1. The summed E-state index contributed by atoms with van der Waals surface area (Å²) in [7, 11) is 1.62. The number of ether oxygens (including phenoxy) is 1. The van der Waals surface area contributed by atoms with Gasteiger partial charge in [-0.2, -0.15) is 5.10 Å². The van der Waals surface area contributed by atoms with Gasteiger partial charge < -0.3 is 10.1 Å². The fourth-order valence-electron chi connectivity index (χ4n) is 3.25. The number of methoxy groups -OCH3 is 1. The van der Waals surface area contributed by atoms with Gasteiger partial charge >= 0.3 is 0 Å². The molecule has 0 unspecified atom stereocenters. The van der Waals surface area contributed by atoms with Crippen molar-refractivity contribution in [1.82, 2.24) is 20.1 Å². The zero-order valence-corrected chi connectivity index (χ0v) is 17.7. The molecule has 2 aromatic heterocycles.